The zero-order valence-electron chi connectivity index (χ0n) is 12.8. The van der Waals surface area contributed by atoms with Crippen LogP contribution in [0.1, 0.15) is 17.1 Å². The van der Waals surface area contributed by atoms with Crippen LogP contribution < -0.4 is 0 Å². The minimum Gasteiger partial charge on any atom is -0.349 e. The second-order valence-corrected chi connectivity index (χ2v) is 6.82. The molecule has 0 amide bonds. The zero-order chi connectivity index (χ0) is 16.1. The van der Waals surface area contributed by atoms with Crippen molar-refractivity contribution in [3.05, 3.63) is 70.5 Å². The Labute approximate surface area is 147 Å². The van der Waals surface area contributed by atoms with Crippen LogP contribution in [0.2, 0.25) is 0 Å². The fraction of sp³-hybridized carbons (Fsp3) is 0.235. The fourth-order valence-electron chi connectivity index (χ4n) is 3.66. The summed E-state index contributed by atoms with van der Waals surface area (Å²) in [5.41, 5.74) is 2.25. The highest BCUT2D eigenvalue weighted by molar-refractivity contribution is 9.10. The number of pyridine rings is 1. The van der Waals surface area contributed by atoms with Crippen molar-refractivity contribution >= 4 is 15.9 Å². The third kappa shape index (κ3) is 1.86. The summed E-state index contributed by atoms with van der Waals surface area (Å²) in [6.45, 7) is 2.12. The summed E-state index contributed by atoms with van der Waals surface area (Å²) in [6.07, 6.45) is 3.57. The lowest BCUT2D eigenvalue weighted by Crippen LogP contribution is -2.43. The quantitative estimate of drug-likeness (QED) is 0.645. The molecule has 5 rings (SSSR count). The molecule has 0 radical (unpaired) electrons. The Kier molecular flexibility index (Phi) is 3.09. The van der Waals surface area contributed by atoms with Gasteiger partial charge in [0.2, 0.25) is 0 Å². The summed E-state index contributed by atoms with van der Waals surface area (Å²) in [6, 6.07) is 12.2. The van der Waals surface area contributed by atoms with Crippen molar-refractivity contribution in [1.82, 2.24) is 24.6 Å². The molecule has 4 heterocycles. The number of aromatic nitrogens is 4. The van der Waals surface area contributed by atoms with E-state index in [0.717, 1.165) is 33.8 Å². The lowest BCUT2D eigenvalue weighted by molar-refractivity contribution is -0.0586. The van der Waals surface area contributed by atoms with Gasteiger partial charge in [-0.3, -0.25) is 14.5 Å². The summed E-state index contributed by atoms with van der Waals surface area (Å²) in [4.78, 5) is 6.91. The summed E-state index contributed by atoms with van der Waals surface area (Å²) in [5.74, 6) is 0.905. The van der Waals surface area contributed by atoms with Crippen LogP contribution in [0, 0.1) is 0 Å². The van der Waals surface area contributed by atoms with Gasteiger partial charge in [0, 0.05) is 22.8 Å². The third-order valence-electron chi connectivity index (χ3n) is 4.66. The molecule has 1 fully saturated rings. The molecule has 1 unspecified atom stereocenters. The maximum atomic E-state index is 6.37. The number of ether oxygens (including phenoxy) is 1. The average Bonchev–Trinajstić information content (AvgIpc) is 3.22. The maximum Gasteiger partial charge on any atom is 0.193 e. The molecule has 0 saturated carbocycles. The van der Waals surface area contributed by atoms with E-state index in [0.29, 0.717) is 13.2 Å². The Morgan fingerprint density at radius 3 is 3.04 bits per heavy atom. The van der Waals surface area contributed by atoms with Crippen LogP contribution in [-0.2, 0) is 17.0 Å². The molecule has 6 nitrogen and oxygen atoms in total. The van der Waals surface area contributed by atoms with Crippen LogP contribution in [0.3, 0.4) is 0 Å². The van der Waals surface area contributed by atoms with Crippen molar-refractivity contribution in [1.29, 1.82) is 0 Å². The average molecular weight is 384 g/mol. The SMILES string of the molecule is Brc1ccc2c(c1)C1(c3ccccn3)OCCN1Cc1nncn1-2. The van der Waals surface area contributed by atoms with Crippen molar-refractivity contribution < 1.29 is 4.74 Å². The molecule has 2 aromatic heterocycles. The predicted molar refractivity (Wildman–Crippen MR) is 90.4 cm³/mol. The normalized spacial score (nSPS) is 22.5. The number of hydrogen-bond acceptors (Lipinski definition) is 5. The molecule has 7 heteroatoms. The van der Waals surface area contributed by atoms with Crippen LogP contribution >= 0.6 is 15.9 Å². The molecule has 24 heavy (non-hydrogen) atoms. The van der Waals surface area contributed by atoms with Crippen molar-refractivity contribution in [2.45, 2.75) is 12.3 Å². The molecule has 0 aliphatic carbocycles. The Balaban J connectivity index is 1.86. The number of nitrogens with zero attached hydrogens (tertiary/aromatic N) is 5. The molecule has 1 aromatic carbocycles. The summed E-state index contributed by atoms with van der Waals surface area (Å²) < 4.78 is 9.41. The number of rotatable bonds is 1. The van der Waals surface area contributed by atoms with Gasteiger partial charge >= 0.3 is 0 Å². The van der Waals surface area contributed by atoms with Crippen LogP contribution in [0.4, 0.5) is 0 Å². The van der Waals surface area contributed by atoms with Crippen LogP contribution in [0.5, 0.6) is 0 Å². The third-order valence-corrected chi connectivity index (χ3v) is 5.16. The standard InChI is InChI=1S/C17H14BrN5O/c18-12-4-5-14-13(9-12)17(15-3-1-2-6-19-15)22(7-8-24-17)10-16-21-20-11-23(14)16/h1-6,9,11H,7-8,10H2. The number of halogens is 1. The second kappa shape index (κ2) is 5.20. The molecular formula is C17H14BrN5O. The molecular weight excluding hydrogens is 370 g/mol. The van der Waals surface area contributed by atoms with E-state index in [1.165, 1.54) is 0 Å². The van der Waals surface area contributed by atoms with Gasteiger partial charge in [0.25, 0.3) is 0 Å². The van der Waals surface area contributed by atoms with E-state index in [-0.39, 0.29) is 0 Å². The number of fused-ring (bicyclic) bond motifs is 5. The summed E-state index contributed by atoms with van der Waals surface area (Å²) >= 11 is 3.61. The van der Waals surface area contributed by atoms with E-state index in [4.69, 9.17) is 4.74 Å². The van der Waals surface area contributed by atoms with Gasteiger partial charge in [-0.2, -0.15) is 0 Å². The van der Waals surface area contributed by atoms with Gasteiger partial charge in [-0.05, 0) is 30.3 Å². The first-order chi connectivity index (χ1) is 11.8. The van der Waals surface area contributed by atoms with Gasteiger partial charge in [0.15, 0.2) is 11.5 Å². The smallest absolute Gasteiger partial charge is 0.193 e. The molecule has 2 aliphatic heterocycles. The molecule has 120 valence electrons. The first kappa shape index (κ1) is 14.3. The molecule has 0 N–H and O–H groups in total. The van der Waals surface area contributed by atoms with Crippen molar-refractivity contribution in [2.75, 3.05) is 13.2 Å². The fourth-order valence-corrected chi connectivity index (χ4v) is 4.02. The van der Waals surface area contributed by atoms with Gasteiger partial charge in [-0.1, -0.05) is 22.0 Å². The molecule has 1 atom stereocenters. The minimum absolute atomic E-state index is 0.649. The first-order valence-corrected chi connectivity index (χ1v) is 8.58. The number of benzene rings is 1. The van der Waals surface area contributed by atoms with Crippen LogP contribution in [0.25, 0.3) is 5.69 Å². The Morgan fingerprint density at radius 1 is 1.21 bits per heavy atom. The highest BCUT2D eigenvalue weighted by Crippen LogP contribution is 2.45. The Hall–Kier alpha value is -2.09. The van der Waals surface area contributed by atoms with E-state index in [2.05, 4.69) is 48.1 Å². The van der Waals surface area contributed by atoms with Crippen molar-refractivity contribution in [2.24, 2.45) is 0 Å². The molecule has 1 saturated heterocycles. The highest BCUT2D eigenvalue weighted by Gasteiger charge is 2.50. The van der Waals surface area contributed by atoms with Crippen molar-refractivity contribution in [3.63, 3.8) is 0 Å². The lowest BCUT2D eigenvalue weighted by atomic mass is 9.95. The van der Waals surface area contributed by atoms with E-state index in [1.54, 1.807) is 6.33 Å². The zero-order valence-corrected chi connectivity index (χ0v) is 14.3. The van der Waals surface area contributed by atoms with E-state index >= 15 is 0 Å². The first-order valence-electron chi connectivity index (χ1n) is 7.79. The van der Waals surface area contributed by atoms with Gasteiger partial charge in [-0.25, -0.2) is 0 Å². The summed E-state index contributed by atoms with van der Waals surface area (Å²) in [5, 5.41) is 8.40. The van der Waals surface area contributed by atoms with Crippen LogP contribution in [-0.4, -0.2) is 37.8 Å². The van der Waals surface area contributed by atoms with Gasteiger partial charge in [-0.15, -0.1) is 10.2 Å². The van der Waals surface area contributed by atoms with Gasteiger partial charge in [0.05, 0.1) is 24.5 Å². The van der Waals surface area contributed by atoms with Crippen LogP contribution in [0.15, 0.2) is 53.4 Å². The molecule has 0 spiro atoms. The lowest BCUT2D eigenvalue weighted by Gasteiger charge is -2.36. The largest absolute Gasteiger partial charge is 0.349 e. The predicted octanol–water partition coefficient (Wildman–Crippen LogP) is 2.47. The second-order valence-electron chi connectivity index (χ2n) is 5.91. The minimum atomic E-state index is -0.707. The van der Waals surface area contributed by atoms with Crippen molar-refractivity contribution in [3.8, 4) is 5.69 Å². The Bertz CT molecular complexity index is 912. The van der Waals surface area contributed by atoms with E-state index < -0.39 is 5.72 Å². The van der Waals surface area contributed by atoms with Gasteiger partial charge in [0.1, 0.15) is 6.33 Å². The summed E-state index contributed by atoms with van der Waals surface area (Å²) in [7, 11) is 0. The topological polar surface area (TPSA) is 56.1 Å². The molecule has 3 aromatic rings. The molecule has 2 aliphatic rings. The molecule has 0 bridgehead atoms. The Morgan fingerprint density at radius 2 is 2.17 bits per heavy atom. The van der Waals surface area contributed by atoms with E-state index in [9.17, 15) is 0 Å². The maximum absolute atomic E-state index is 6.37. The van der Waals surface area contributed by atoms with E-state index in [1.807, 2.05) is 35.0 Å². The van der Waals surface area contributed by atoms with Gasteiger partial charge < -0.3 is 4.74 Å². The number of hydrogen-bond donors (Lipinski definition) is 0. The highest BCUT2D eigenvalue weighted by atomic mass is 79.9. The monoisotopic (exact) mass is 383 g/mol.